The van der Waals surface area contributed by atoms with Crippen LogP contribution in [0.25, 0.3) is 0 Å². The fourth-order valence-electron chi connectivity index (χ4n) is 2.60. The maximum Gasteiger partial charge on any atom is 0.327 e. The number of carboxylic acids is 2. The molecule has 7 heteroatoms. The maximum atomic E-state index is 10.3. The second-order valence-electron chi connectivity index (χ2n) is 7.56. The molecule has 0 aromatic rings. The third-order valence-electron chi connectivity index (χ3n) is 4.20. The third kappa shape index (κ3) is 50.7. The Labute approximate surface area is 199 Å². The summed E-state index contributed by atoms with van der Waals surface area (Å²) < 4.78 is 0. The van der Waals surface area contributed by atoms with Gasteiger partial charge in [0.2, 0.25) is 0 Å². The Bertz CT molecular complexity index is 360. The molecule has 0 unspecified atom stereocenters. The van der Waals surface area contributed by atoms with Gasteiger partial charge in [-0.1, -0.05) is 97.5 Å². The summed E-state index contributed by atoms with van der Waals surface area (Å²) in [4.78, 5) is 19.6. The van der Waals surface area contributed by atoms with E-state index in [0.29, 0.717) is 6.42 Å². The fourth-order valence-corrected chi connectivity index (χ4v) is 2.60. The van der Waals surface area contributed by atoms with Crippen molar-refractivity contribution in [1.82, 2.24) is 0 Å². The Balaban J connectivity index is -0.000000283. The van der Waals surface area contributed by atoms with Crippen molar-refractivity contribution in [3.8, 4) is 0 Å². The van der Waals surface area contributed by atoms with Crippen LogP contribution in [-0.4, -0.2) is 45.6 Å². The first-order chi connectivity index (χ1) is 13.8. The molecule has 0 aromatic carbocycles. The van der Waals surface area contributed by atoms with Gasteiger partial charge in [0.15, 0.2) is 0 Å². The van der Waals surface area contributed by atoms with E-state index in [1.807, 2.05) is 0 Å². The number of carboxylic acid groups (broad SMARTS) is 2. The molecule has 0 spiro atoms. The Morgan fingerprint density at radius 1 is 0.733 bits per heavy atom. The van der Waals surface area contributed by atoms with E-state index in [2.05, 4.69) is 20.4 Å². The summed E-state index contributed by atoms with van der Waals surface area (Å²) >= 11 is 0. The minimum absolute atomic E-state index is 0. The van der Waals surface area contributed by atoms with Crippen molar-refractivity contribution in [3.05, 3.63) is 12.7 Å². The molecule has 0 saturated heterocycles. The van der Waals surface area contributed by atoms with E-state index >= 15 is 0 Å². The Kier molecular flexibility index (Phi) is 40.3. The Hall–Kier alpha value is -0.686. The molecule has 0 fully saturated rings. The molecule has 0 radical (unpaired) electrons. The number of hydrogen-bond acceptors (Lipinski definition) is 4. The van der Waals surface area contributed by atoms with E-state index in [4.69, 9.17) is 20.4 Å². The number of aliphatic hydroxyl groups is 2. The van der Waals surface area contributed by atoms with Crippen molar-refractivity contribution in [3.63, 3.8) is 0 Å². The van der Waals surface area contributed by atoms with Crippen LogP contribution in [0.3, 0.4) is 0 Å². The van der Waals surface area contributed by atoms with Crippen LogP contribution in [0.1, 0.15) is 104 Å². The van der Waals surface area contributed by atoms with E-state index in [1.165, 1.54) is 70.6 Å². The molecule has 0 bridgehead atoms. The van der Waals surface area contributed by atoms with Crippen molar-refractivity contribution in [2.24, 2.45) is 5.92 Å². The zero-order chi connectivity index (χ0) is 22.8. The average Bonchev–Trinajstić information content (AvgIpc) is 2.68. The molecule has 0 aliphatic heterocycles. The van der Waals surface area contributed by atoms with Gasteiger partial charge in [-0.25, -0.2) is 4.79 Å². The summed E-state index contributed by atoms with van der Waals surface area (Å²) in [5.41, 5.74) is 0. The van der Waals surface area contributed by atoms with Crippen LogP contribution in [0.5, 0.6) is 0 Å². The average molecular weight is 466 g/mol. The second kappa shape index (κ2) is 33.0. The van der Waals surface area contributed by atoms with Crippen LogP contribution in [-0.2, 0) is 31.3 Å². The minimum atomic E-state index is -0.981. The van der Waals surface area contributed by atoms with Crippen LogP contribution in [0, 0.1) is 5.92 Å². The van der Waals surface area contributed by atoms with Gasteiger partial charge in [0.1, 0.15) is 0 Å². The molecule has 178 valence electrons. The minimum Gasteiger partial charge on any atom is -0.481 e. The zero-order valence-electron chi connectivity index (χ0n) is 19.3. The smallest absolute Gasteiger partial charge is 0.327 e. The van der Waals surface area contributed by atoms with Gasteiger partial charge in [-0.05, 0) is 12.3 Å². The second-order valence-corrected chi connectivity index (χ2v) is 7.56. The maximum absolute atomic E-state index is 10.3. The number of hydrogen-bond donors (Lipinski definition) is 4. The largest absolute Gasteiger partial charge is 0.481 e. The van der Waals surface area contributed by atoms with Gasteiger partial charge in [-0.3, -0.25) is 4.79 Å². The fraction of sp³-hybridized carbons (Fsp3) is 0.826. The molecule has 0 atom stereocenters. The third-order valence-corrected chi connectivity index (χ3v) is 4.20. The SMILES string of the molecule is C=CC(=O)O.CC(C)CCCCCCCCCCCCCCC(=O)O.OCCO.[Ti]. The molecule has 0 saturated carbocycles. The first-order valence-corrected chi connectivity index (χ1v) is 11.1. The van der Waals surface area contributed by atoms with Crippen molar-refractivity contribution < 1.29 is 51.7 Å². The van der Waals surface area contributed by atoms with Crippen LogP contribution in [0.2, 0.25) is 0 Å². The van der Waals surface area contributed by atoms with E-state index in [-0.39, 0.29) is 34.9 Å². The summed E-state index contributed by atoms with van der Waals surface area (Å²) in [6.07, 6.45) is 18.2. The number of rotatable bonds is 17. The summed E-state index contributed by atoms with van der Waals surface area (Å²) in [6, 6.07) is 0. The molecule has 6 nitrogen and oxygen atoms in total. The molecular weight excluding hydrogens is 420 g/mol. The summed E-state index contributed by atoms with van der Waals surface area (Å²) in [6.45, 7) is 7.33. The zero-order valence-corrected chi connectivity index (χ0v) is 20.8. The molecule has 30 heavy (non-hydrogen) atoms. The van der Waals surface area contributed by atoms with Crippen LogP contribution in [0.4, 0.5) is 0 Å². The van der Waals surface area contributed by atoms with Gasteiger partial charge in [-0.2, -0.15) is 0 Å². The molecule has 0 aromatic heterocycles. The van der Waals surface area contributed by atoms with Gasteiger partial charge >= 0.3 is 11.9 Å². The van der Waals surface area contributed by atoms with E-state index in [1.54, 1.807) is 0 Å². The van der Waals surface area contributed by atoms with Gasteiger partial charge in [-0.15, -0.1) is 0 Å². The molecule has 0 aliphatic carbocycles. The first-order valence-electron chi connectivity index (χ1n) is 11.1. The van der Waals surface area contributed by atoms with Gasteiger partial charge < -0.3 is 20.4 Å². The number of aliphatic carboxylic acids is 2. The Morgan fingerprint density at radius 3 is 1.27 bits per heavy atom. The molecule has 4 N–H and O–H groups in total. The standard InChI is InChI=1S/C18H36O2.C3H4O2.C2H6O2.Ti/c1-17(2)15-13-11-9-7-5-3-4-6-8-10-12-14-16-18(19)20;1-2-3(4)5;3-1-2-4;/h17H,3-16H2,1-2H3,(H,19,20);2H,1H2,(H,4,5);3-4H,1-2H2;. The van der Waals surface area contributed by atoms with Crippen LogP contribution in [0.15, 0.2) is 12.7 Å². The molecular formula is C23H46O6Ti. The van der Waals surface area contributed by atoms with Gasteiger partial charge in [0, 0.05) is 34.2 Å². The number of unbranched alkanes of at least 4 members (excludes halogenated alkanes) is 11. The summed E-state index contributed by atoms with van der Waals surface area (Å²) in [5.74, 6) is -0.770. The monoisotopic (exact) mass is 466 g/mol. The quantitative estimate of drug-likeness (QED) is 0.129. The normalized spacial score (nSPS) is 9.50. The van der Waals surface area contributed by atoms with Crippen molar-refractivity contribution in [2.75, 3.05) is 13.2 Å². The predicted molar refractivity (Wildman–Crippen MR) is 119 cm³/mol. The number of aliphatic hydroxyl groups excluding tert-OH is 2. The van der Waals surface area contributed by atoms with Gasteiger partial charge in [0.05, 0.1) is 13.2 Å². The summed E-state index contributed by atoms with van der Waals surface area (Å²) in [7, 11) is 0. The molecule has 0 amide bonds. The van der Waals surface area contributed by atoms with Crippen LogP contribution >= 0.6 is 0 Å². The topological polar surface area (TPSA) is 115 Å². The Morgan fingerprint density at radius 2 is 1.03 bits per heavy atom. The van der Waals surface area contributed by atoms with E-state index in [0.717, 1.165) is 24.8 Å². The summed E-state index contributed by atoms with van der Waals surface area (Å²) in [5, 5.41) is 31.4. The van der Waals surface area contributed by atoms with E-state index < -0.39 is 11.9 Å². The molecule has 0 aliphatic rings. The van der Waals surface area contributed by atoms with E-state index in [9.17, 15) is 9.59 Å². The number of carbonyl (C=O) groups is 2. The first kappa shape index (κ1) is 36.7. The van der Waals surface area contributed by atoms with Crippen molar-refractivity contribution >= 4 is 11.9 Å². The van der Waals surface area contributed by atoms with Crippen molar-refractivity contribution in [1.29, 1.82) is 0 Å². The van der Waals surface area contributed by atoms with Gasteiger partial charge in [0.25, 0.3) is 0 Å². The van der Waals surface area contributed by atoms with Crippen molar-refractivity contribution in [2.45, 2.75) is 104 Å². The molecule has 0 rings (SSSR count). The predicted octanol–water partition coefficient (Wildman–Crippen LogP) is 5.41. The molecule has 0 heterocycles. The van der Waals surface area contributed by atoms with Crippen LogP contribution < -0.4 is 0 Å².